The highest BCUT2D eigenvalue weighted by Crippen LogP contribution is 2.55. The third-order valence-corrected chi connectivity index (χ3v) is 5.95. The average Bonchev–Trinajstić information content (AvgIpc) is 3.24. The molecule has 1 spiro atoms. The largest absolute Gasteiger partial charge is 0.466 e. The van der Waals surface area contributed by atoms with Gasteiger partial charge >= 0.3 is 5.97 Å². The molecule has 4 rings (SSSR count). The van der Waals surface area contributed by atoms with Gasteiger partial charge in [0, 0.05) is 29.4 Å². The van der Waals surface area contributed by atoms with Crippen LogP contribution in [-0.4, -0.2) is 40.9 Å². The van der Waals surface area contributed by atoms with Gasteiger partial charge in [-0.3, -0.25) is 24.6 Å². The van der Waals surface area contributed by atoms with Crippen LogP contribution < -0.4 is 5.32 Å². The molecule has 0 bridgehead atoms. The van der Waals surface area contributed by atoms with Gasteiger partial charge in [-0.1, -0.05) is 0 Å². The number of nitro groups is 1. The normalized spacial score (nSPS) is 29.5. The van der Waals surface area contributed by atoms with Crippen LogP contribution in [0.15, 0.2) is 12.1 Å². The van der Waals surface area contributed by atoms with Gasteiger partial charge in [0.1, 0.15) is 5.54 Å². The molecule has 26 heavy (non-hydrogen) atoms. The smallest absolute Gasteiger partial charge is 0.310 e. The lowest BCUT2D eigenvalue weighted by atomic mass is 9.83. The molecule has 1 amide bonds. The van der Waals surface area contributed by atoms with E-state index in [4.69, 9.17) is 4.74 Å². The van der Waals surface area contributed by atoms with Crippen LogP contribution in [0.2, 0.25) is 0 Å². The van der Waals surface area contributed by atoms with Gasteiger partial charge in [0.2, 0.25) is 5.91 Å². The Bertz CT molecular complexity index is 823. The number of aryl methyl sites for hydroxylation is 1. The van der Waals surface area contributed by atoms with Crippen LogP contribution in [0.3, 0.4) is 0 Å². The van der Waals surface area contributed by atoms with Crippen molar-refractivity contribution in [3.63, 3.8) is 0 Å². The summed E-state index contributed by atoms with van der Waals surface area (Å²) in [5.74, 6) is -0.881. The first-order chi connectivity index (χ1) is 12.4. The summed E-state index contributed by atoms with van der Waals surface area (Å²) in [6, 6.07) is 2.89. The highest BCUT2D eigenvalue weighted by Gasteiger charge is 2.63. The van der Waals surface area contributed by atoms with E-state index in [1.807, 2.05) is 0 Å². The van der Waals surface area contributed by atoms with Crippen LogP contribution in [0.4, 0.5) is 11.4 Å². The van der Waals surface area contributed by atoms with Crippen LogP contribution >= 0.6 is 0 Å². The first-order valence-corrected chi connectivity index (χ1v) is 8.94. The molecule has 1 aromatic carbocycles. The van der Waals surface area contributed by atoms with Crippen molar-refractivity contribution in [3.05, 3.63) is 33.4 Å². The zero-order valence-corrected chi connectivity index (χ0v) is 14.8. The predicted octanol–water partition coefficient (Wildman–Crippen LogP) is 2.10. The first kappa shape index (κ1) is 17.0. The van der Waals surface area contributed by atoms with E-state index in [0.717, 1.165) is 12.8 Å². The highest BCUT2D eigenvalue weighted by atomic mass is 16.6. The van der Waals surface area contributed by atoms with Crippen molar-refractivity contribution in [1.29, 1.82) is 0 Å². The second kappa shape index (κ2) is 5.77. The van der Waals surface area contributed by atoms with Gasteiger partial charge < -0.3 is 10.1 Å². The number of benzene rings is 1. The van der Waals surface area contributed by atoms with Gasteiger partial charge in [0.15, 0.2) is 0 Å². The molecule has 3 heterocycles. The molecule has 138 valence electrons. The number of carbonyl (C=O) groups is 2. The topological polar surface area (TPSA) is 102 Å². The third-order valence-electron chi connectivity index (χ3n) is 5.95. The number of esters is 1. The number of nitrogens with zero attached hydrogens (tertiary/aromatic N) is 2. The van der Waals surface area contributed by atoms with E-state index >= 15 is 0 Å². The van der Waals surface area contributed by atoms with Crippen LogP contribution in [-0.2, 0) is 19.9 Å². The van der Waals surface area contributed by atoms with Crippen molar-refractivity contribution in [2.75, 3.05) is 18.5 Å². The Kier molecular flexibility index (Phi) is 3.76. The minimum absolute atomic E-state index is 0.0348. The Morgan fingerprint density at radius 1 is 1.50 bits per heavy atom. The van der Waals surface area contributed by atoms with Crippen LogP contribution in [0.5, 0.6) is 0 Å². The minimum Gasteiger partial charge on any atom is -0.466 e. The molecule has 2 saturated heterocycles. The summed E-state index contributed by atoms with van der Waals surface area (Å²) in [5.41, 5.74) is 0.857. The monoisotopic (exact) mass is 359 g/mol. The number of rotatable bonds is 3. The number of anilines is 1. The number of fused-ring (bicyclic) bond motifs is 4. The summed E-state index contributed by atoms with van der Waals surface area (Å²) in [4.78, 5) is 38.5. The van der Waals surface area contributed by atoms with Crippen molar-refractivity contribution in [2.24, 2.45) is 5.92 Å². The van der Waals surface area contributed by atoms with E-state index < -0.39 is 16.4 Å². The number of nitro benzene ring substituents is 1. The standard InChI is InChI=1S/C18H21N3O5/c1-3-26-16(22)12-9-18(20-6-4-5-14(12)20)13-8-11(21(24)25)7-10(2)15(13)19-17(18)23/h7-8,12,14H,3-6,9H2,1-2H3,(H,19,23)/t12-,14-,18+/m0/s1. The zero-order valence-electron chi connectivity index (χ0n) is 14.8. The zero-order chi connectivity index (χ0) is 18.6. The maximum atomic E-state index is 13.1. The van der Waals surface area contributed by atoms with Crippen molar-refractivity contribution >= 4 is 23.3 Å². The molecule has 3 atom stereocenters. The molecule has 3 aliphatic rings. The molecule has 0 aromatic heterocycles. The van der Waals surface area contributed by atoms with Crippen molar-refractivity contribution in [2.45, 2.75) is 44.7 Å². The Morgan fingerprint density at radius 2 is 2.27 bits per heavy atom. The van der Waals surface area contributed by atoms with Gasteiger partial charge in [0.05, 0.1) is 17.4 Å². The number of ether oxygens (including phenoxy) is 1. The van der Waals surface area contributed by atoms with Crippen LogP contribution in [0.1, 0.15) is 37.3 Å². The number of hydrogen-bond donors (Lipinski definition) is 1. The van der Waals surface area contributed by atoms with Gasteiger partial charge in [-0.15, -0.1) is 0 Å². The quantitative estimate of drug-likeness (QED) is 0.504. The number of amides is 1. The van der Waals surface area contributed by atoms with Crippen molar-refractivity contribution in [1.82, 2.24) is 4.90 Å². The van der Waals surface area contributed by atoms with Gasteiger partial charge in [-0.25, -0.2) is 0 Å². The van der Waals surface area contributed by atoms with E-state index in [2.05, 4.69) is 10.2 Å². The minimum atomic E-state index is -1.02. The highest BCUT2D eigenvalue weighted by molar-refractivity contribution is 6.07. The number of nitrogens with one attached hydrogen (secondary N) is 1. The number of non-ortho nitro benzene ring substituents is 1. The van der Waals surface area contributed by atoms with Crippen molar-refractivity contribution in [3.8, 4) is 0 Å². The molecule has 0 saturated carbocycles. The summed E-state index contributed by atoms with van der Waals surface area (Å²) in [6.07, 6.45) is 2.01. The summed E-state index contributed by atoms with van der Waals surface area (Å²) in [6.45, 7) is 4.50. The Hall–Kier alpha value is -2.48. The predicted molar refractivity (Wildman–Crippen MR) is 92.6 cm³/mol. The molecule has 1 N–H and O–H groups in total. The van der Waals surface area contributed by atoms with E-state index in [0.29, 0.717) is 36.4 Å². The van der Waals surface area contributed by atoms with E-state index in [9.17, 15) is 19.7 Å². The molecule has 8 nitrogen and oxygen atoms in total. The summed E-state index contributed by atoms with van der Waals surface area (Å²) in [7, 11) is 0. The van der Waals surface area contributed by atoms with E-state index in [1.54, 1.807) is 13.8 Å². The van der Waals surface area contributed by atoms with Crippen LogP contribution in [0.25, 0.3) is 0 Å². The fourth-order valence-corrected chi connectivity index (χ4v) is 4.94. The SMILES string of the molecule is CCOC(=O)[C@H]1C[C@@]2(C(=O)Nc3c(C)cc([N+](=O)[O-])cc32)N2CCC[C@@H]12. The Morgan fingerprint density at radius 3 is 2.96 bits per heavy atom. The lowest BCUT2D eigenvalue weighted by Gasteiger charge is -2.32. The summed E-state index contributed by atoms with van der Waals surface area (Å²) in [5, 5.41) is 14.2. The number of hydrogen-bond acceptors (Lipinski definition) is 6. The maximum Gasteiger partial charge on any atom is 0.310 e. The van der Waals surface area contributed by atoms with Gasteiger partial charge in [-0.05, 0) is 45.2 Å². The van der Waals surface area contributed by atoms with E-state index in [1.165, 1.54) is 12.1 Å². The lowest BCUT2D eigenvalue weighted by molar-refractivity contribution is -0.385. The van der Waals surface area contributed by atoms with Crippen LogP contribution in [0, 0.1) is 23.0 Å². The van der Waals surface area contributed by atoms with Gasteiger partial charge in [0.25, 0.3) is 5.69 Å². The molecule has 0 radical (unpaired) electrons. The molecule has 8 heteroatoms. The Balaban J connectivity index is 1.86. The molecule has 1 aromatic rings. The van der Waals surface area contributed by atoms with Gasteiger partial charge in [-0.2, -0.15) is 0 Å². The molecule has 2 fully saturated rings. The molecule has 0 aliphatic carbocycles. The molecule has 0 unspecified atom stereocenters. The number of carbonyl (C=O) groups excluding carboxylic acids is 2. The van der Waals surface area contributed by atoms with Crippen molar-refractivity contribution < 1.29 is 19.2 Å². The maximum absolute atomic E-state index is 13.1. The summed E-state index contributed by atoms with van der Waals surface area (Å²) < 4.78 is 5.24. The molecular weight excluding hydrogens is 338 g/mol. The fraction of sp³-hybridized carbons (Fsp3) is 0.556. The Labute approximate surface area is 150 Å². The second-order valence-electron chi connectivity index (χ2n) is 7.22. The summed E-state index contributed by atoms with van der Waals surface area (Å²) >= 11 is 0. The second-order valence-corrected chi connectivity index (χ2v) is 7.22. The average molecular weight is 359 g/mol. The van der Waals surface area contributed by atoms with E-state index in [-0.39, 0.29) is 23.6 Å². The molecule has 3 aliphatic heterocycles. The third kappa shape index (κ3) is 2.11. The molecular formula is C18H21N3O5. The first-order valence-electron chi connectivity index (χ1n) is 8.94. The lowest BCUT2D eigenvalue weighted by Crippen LogP contribution is -2.47. The fourth-order valence-electron chi connectivity index (χ4n) is 4.94.